The summed E-state index contributed by atoms with van der Waals surface area (Å²) in [7, 11) is 0. The molecule has 77 valence electrons. The molecule has 0 bridgehead atoms. The number of carbonyl (C=O) groups is 1. The molecule has 0 aromatic carbocycles. The number of nitrogens with one attached hydrogen (secondary N) is 1. The van der Waals surface area contributed by atoms with Gasteiger partial charge in [0.1, 0.15) is 0 Å². The Morgan fingerprint density at radius 2 is 1.85 bits per heavy atom. The van der Waals surface area contributed by atoms with Crippen molar-refractivity contribution in [1.29, 1.82) is 0 Å². The minimum absolute atomic E-state index is 0.467. The molecule has 0 aromatic rings. The van der Waals surface area contributed by atoms with Crippen molar-refractivity contribution in [2.75, 3.05) is 0 Å². The molecular formula is C10H21N2O. The third kappa shape index (κ3) is 11.3. The quantitative estimate of drug-likeness (QED) is 0.561. The summed E-state index contributed by atoms with van der Waals surface area (Å²) in [5, 5.41) is 2.46. The van der Waals surface area contributed by atoms with Crippen LogP contribution >= 0.6 is 0 Å². The molecule has 0 saturated carbocycles. The van der Waals surface area contributed by atoms with Crippen molar-refractivity contribution in [3.05, 3.63) is 6.54 Å². The normalized spacial score (nSPS) is 9.92. The summed E-state index contributed by atoms with van der Waals surface area (Å²) < 4.78 is 0. The molecule has 0 aromatic heterocycles. The van der Waals surface area contributed by atoms with E-state index in [9.17, 15) is 4.79 Å². The molecule has 3 heteroatoms. The lowest BCUT2D eigenvalue weighted by atomic mass is 10.1. The largest absolute Gasteiger partial charge is 0.352 e. The minimum Gasteiger partial charge on any atom is -0.352 e. The fraction of sp³-hybridized carbons (Fsp3) is 0.800. The van der Waals surface area contributed by atoms with Crippen LogP contribution in [0.5, 0.6) is 0 Å². The summed E-state index contributed by atoms with van der Waals surface area (Å²) >= 11 is 0. The average molecular weight is 185 g/mol. The van der Waals surface area contributed by atoms with Crippen LogP contribution in [0.1, 0.15) is 51.9 Å². The monoisotopic (exact) mass is 185 g/mol. The summed E-state index contributed by atoms with van der Waals surface area (Å²) in [4.78, 5) is 10.3. The van der Waals surface area contributed by atoms with Gasteiger partial charge in [-0.25, -0.2) is 4.79 Å². The van der Waals surface area contributed by atoms with Gasteiger partial charge in [-0.15, -0.1) is 0 Å². The number of nitrogens with two attached hydrogens (primary N) is 1. The Balaban J connectivity index is 2.87. The molecule has 0 heterocycles. The molecule has 0 aliphatic heterocycles. The highest BCUT2D eigenvalue weighted by molar-refractivity contribution is 5.72. The third-order valence-electron chi connectivity index (χ3n) is 1.95. The van der Waals surface area contributed by atoms with Crippen LogP contribution in [0.3, 0.4) is 0 Å². The molecule has 0 atom stereocenters. The zero-order valence-corrected chi connectivity index (χ0v) is 8.51. The zero-order valence-electron chi connectivity index (χ0n) is 8.51. The van der Waals surface area contributed by atoms with Gasteiger partial charge in [-0.2, -0.15) is 0 Å². The Labute approximate surface area is 81.1 Å². The van der Waals surface area contributed by atoms with Crippen molar-refractivity contribution >= 4 is 6.03 Å². The van der Waals surface area contributed by atoms with Crippen LogP contribution in [-0.2, 0) is 0 Å². The molecule has 3 N–H and O–H groups in total. The standard InChI is InChI=1S/C10H21N2O/c1-2-3-4-5-6-7-8-9-12-10(11)13/h9H,2-8H2,1H3,(H3,11,12,13). The van der Waals surface area contributed by atoms with Gasteiger partial charge in [-0.3, -0.25) is 0 Å². The molecule has 0 spiro atoms. The Kier molecular flexibility index (Phi) is 8.83. The van der Waals surface area contributed by atoms with Crippen LogP contribution in [0, 0.1) is 6.54 Å². The first kappa shape index (κ1) is 12.3. The minimum atomic E-state index is -0.467. The van der Waals surface area contributed by atoms with Gasteiger partial charge in [0.15, 0.2) is 0 Å². The maximum absolute atomic E-state index is 10.3. The summed E-state index contributed by atoms with van der Waals surface area (Å²) in [6.45, 7) is 3.95. The van der Waals surface area contributed by atoms with Gasteiger partial charge in [0, 0.05) is 0 Å². The summed E-state index contributed by atoms with van der Waals surface area (Å²) in [6.07, 6.45) is 8.58. The smallest absolute Gasteiger partial charge is 0.312 e. The van der Waals surface area contributed by atoms with E-state index in [1.165, 1.54) is 32.1 Å². The Morgan fingerprint density at radius 1 is 1.23 bits per heavy atom. The summed E-state index contributed by atoms with van der Waals surface area (Å²) in [6, 6.07) is -0.467. The van der Waals surface area contributed by atoms with Gasteiger partial charge in [0.25, 0.3) is 0 Å². The molecule has 0 unspecified atom stereocenters. The topological polar surface area (TPSA) is 55.1 Å². The predicted molar refractivity (Wildman–Crippen MR) is 55.0 cm³/mol. The van der Waals surface area contributed by atoms with Gasteiger partial charge in [0.2, 0.25) is 0 Å². The van der Waals surface area contributed by atoms with Crippen molar-refractivity contribution in [1.82, 2.24) is 5.32 Å². The van der Waals surface area contributed by atoms with E-state index in [4.69, 9.17) is 5.73 Å². The van der Waals surface area contributed by atoms with Crippen molar-refractivity contribution in [3.63, 3.8) is 0 Å². The first-order valence-corrected chi connectivity index (χ1v) is 5.15. The highest BCUT2D eigenvalue weighted by Gasteiger charge is 1.92. The fourth-order valence-electron chi connectivity index (χ4n) is 1.20. The molecule has 0 aliphatic carbocycles. The third-order valence-corrected chi connectivity index (χ3v) is 1.95. The number of primary amides is 1. The van der Waals surface area contributed by atoms with Gasteiger partial charge in [-0.1, -0.05) is 45.4 Å². The average Bonchev–Trinajstić information content (AvgIpc) is 2.09. The number of amides is 2. The van der Waals surface area contributed by atoms with E-state index in [1.54, 1.807) is 6.54 Å². The van der Waals surface area contributed by atoms with Crippen molar-refractivity contribution in [2.45, 2.75) is 51.9 Å². The van der Waals surface area contributed by atoms with E-state index in [1.807, 2.05) is 0 Å². The highest BCUT2D eigenvalue weighted by atomic mass is 16.2. The Bertz CT molecular complexity index is 126. The van der Waals surface area contributed by atoms with E-state index in [-0.39, 0.29) is 0 Å². The van der Waals surface area contributed by atoms with Crippen LogP contribution in [0.25, 0.3) is 0 Å². The van der Waals surface area contributed by atoms with Gasteiger partial charge in [-0.05, 0) is 6.42 Å². The van der Waals surface area contributed by atoms with Crippen molar-refractivity contribution < 1.29 is 4.79 Å². The van der Waals surface area contributed by atoms with Crippen LogP contribution in [0.15, 0.2) is 0 Å². The fourth-order valence-corrected chi connectivity index (χ4v) is 1.20. The number of carbonyl (C=O) groups excluding carboxylic acids is 1. The van der Waals surface area contributed by atoms with Crippen molar-refractivity contribution in [2.24, 2.45) is 5.73 Å². The van der Waals surface area contributed by atoms with Crippen molar-refractivity contribution in [3.8, 4) is 0 Å². The number of hydrogen-bond donors (Lipinski definition) is 2. The highest BCUT2D eigenvalue weighted by Crippen LogP contribution is 2.06. The molecule has 0 fully saturated rings. The van der Waals surface area contributed by atoms with E-state index in [0.29, 0.717) is 0 Å². The van der Waals surface area contributed by atoms with E-state index < -0.39 is 6.03 Å². The number of hydrogen-bond acceptors (Lipinski definition) is 1. The van der Waals surface area contributed by atoms with E-state index in [2.05, 4.69) is 12.2 Å². The van der Waals surface area contributed by atoms with Crippen LogP contribution in [0.2, 0.25) is 0 Å². The summed E-state index contributed by atoms with van der Waals surface area (Å²) in [5.41, 5.74) is 4.89. The van der Waals surface area contributed by atoms with E-state index >= 15 is 0 Å². The van der Waals surface area contributed by atoms with Gasteiger partial charge >= 0.3 is 6.03 Å². The number of urea groups is 1. The van der Waals surface area contributed by atoms with Crippen LogP contribution < -0.4 is 11.1 Å². The molecule has 0 rings (SSSR count). The Morgan fingerprint density at radius 3 is 2.46 bits per heavy atom. The predicted octanol–water partition coefficient (Wildman–Crippen LogP) is 2.57. The molecule has 0 saturated heterocycles. The second-order valence-electron chi connectivity index (χ2n) is 3.27. The lowest BCUT2D eigenvalue weighted by molar-refractivity contribution is 0.250. The molecule has 0 aliphatic rings. The number of rotatable bonds is 8. The second-order valence-corrected chi connectivity index (χ2v) is 3.27. The first-order valence-electron chi connectivity index (χ1n) is 5.15. The second kappa shape index (κ2) is 9.36. The summed E-state index contributed by atoms with van der Waals surface area (Å²) in [5.74, 6) is 0. The van der Waals surface area contributed by atoms with E-state index in [0.717, 1.165) is 12.8 Å². The first-order chi connectivity index (χ1) is 6.27. The molecule has 1 radical (unpaired) electrons. The van der Waals surface area contributed by atoms with Crippen LogP contribution in [-0.4, -0.2) is 6.03 Å². The molecule has 13 heavy (non-hydrogen) atoms. The maximum Gasteiger partial charge on any atom is 0.312 e. The zero-order chi connectivity index (χ0) is 9.94. The number of unbranched alkanes of at least 4 members (excludes halogenated alkanes) is 6. The SMILES string of the molecule is CCCCCCCC[CH]NC(N)=O. The molecule has 3 nitrogen and oxygen atoms in total. The molecule has 2 amide bonds. The van der Waals surface area contributed by atoms with Gasteiger partial charge in [0.05, 0.1) is 6.54 Å². The lowest BCUT2D eigenvalue weighted by Crippen LogP contribution is -2.26. The molecular weight excluding hydrogens is 164 g/mol. The Hall–Kier alpha value is -0.730. The van der Waals surface area contributed by atoms with Gasteiger partial charge < -0.3 is 11.1 Å². The lowest BCUT2D eigenvalue weighted by Gasteiger charge is -2.01. The maximum atomic E-state index is 10.3. The van der Waals surface area contributed by atoms with Crippen LogP contribution in [0.4, 0.5) is 4.79 Å².